The molecule has 2 aromatic rings. The molecule has 5 nitrogen and oxygen atoms in total. The van der Waals surface area contributed by atoms with Gasteiger partial charge in [-0.25, -0.2) is 0 Å². The highest BCUT2D eigenvalue weighted by molar-refractivity contribution is 7.12. The van der Waals surface area contributed by atoms with E-state index in [-0.39, 0.29) is 23.6 Å². The fraction of sp³-hybridized carbons (Fsp3) is 0.552. The van der Waals surface area contributed by atoms with Gasteiger partial charge in [0.05, 0.1) is 12.2 Å². The van der Waals surface area contributed by atoms with Crippen LogP contribution in [0.2, 0.25) is 0 Å². The fourth-order valence-corrected chi connectivity index (χ4v) is 6.69. The predicted octanol–water partition coefficient (Wildman–Crippen LogP) is 5.78. The topological polar surface area (TPSA) is 76.4 Å². The SMILES string of the molecule is CC(CC(=O)Cc1sc2c(c1C#N)CCC(COC(=O)CCC1CCOCC1)C2)c1ccccc1. The van der Waals surface area contributed by atoms with E-state index < -0.39 is 0 Å². The van der Waals surface area contributed by atoms with Crippen molar-refractivity contribution in [3.05, 3.63) is 56.8 Å². The summed E-state index contributed by atoms with van der Waals surface area (Å²) in [5, 5.41) is 9.81. The molecule has 0 amide bonds. The average Bonchev–Trinajstić information content (AvgIpc) is 3.23. The van der Waals surface area contributed by atoms with Crippen molar-refractivity contribution in [1.29, 1.82) is 5.26 Å². The molecule has 2 atom stereocenters. The molecule has 2 aliphatic rings. The first-order valence-electron chi connectivity index (χ1n) is 12.9. The van der Waals surface area contributed by atoms with E-state index in [1.165, 1.54) is 4.88 Å². The maximum absolute atomic E-state index is 12.8. The third-order valence-electron chi connectivity index (χ3n) is 7.39. The van der Waals surface area contributed by atoms with Crippen molar-refractivity contribution in [2.45, 2.75) is 70.6 Å². The number of nitrogens with zero attached hydrogens (tertiary/aromatic N) is 1. The van der Waals surface area contributed by atoms with Crippen LogP contribution in [0.4, 0.5) is 0 Å². The van der Waals surface area contributed by atoms with Gasteiger partial charge >= 0.3 is 5.97 Å². The summed E-state index contributed by atoms with van der Waals surface area (Å²) in [7, 11) is 0. The molecule has 4 rings (SSSR count). The van der Waals surface area contributed by atoms with Crippen LogP contribution in [-0.2, 0) is 38.3 Å². The van der Waals surface area contributed by atoms with Gasteiger partial charge in [0.25, 0.3) is 0 Å². The highest BCUT2D eigenvalue weighted by atomic mass is 32.1. The second-order valence-electron chi connectivity index (χ2n) is 10.0. The molecule has 2 unspecified atom stereocenters. The average molecular weight is 494 g/mol. The number of thiophene rings is 1. The summed E-state index contributed by atoms with van der Waals surface area (Å²) in [6, 6.07) is 12.5. The molecule has 6 heteroatoms. The van der Waals surface area contributed by atoms with Gasteiger partial charge in [-0.2, -0.15) is 5.26 Å². The number of ether oxygens (including phenoxy) is 2. The number of hydrogen-bond donors (Lipinski definition) is 0. The number of carbonyl (C=O) groups excluding carboxylic acids is 2. The second kappa shape index (κ2) is 12.5. The van der Waals surface area contributed by atoms with Crippen molar-refractivity contribution in [2.75, 3.05) is 19.8 Å². The first-order valence-corrected chi connectivity index (χ1v) is 13.7. The number of nitriles is 1. The van der Waals surface area contributed by atoms with Gasteiger partial charge in [-0.15, -0.1) is 11.3 Å². The van der Waals surface area contributed by atoms with Crippen molar-refractivity contribution in [2.24, 2.45) is 11.8 Å². The highest BCUT2D eigenvalue weighted by Gasteiger charge is 2.27. The van der Waals surface area contributed by atoms with Crippen molar-refractivity contribution in [3.8, 4) is 6.07 Å². The minimum atomic E-state index is -0.106. The highest BCUT2D eigenvalue weighted by Crippen LogP contribution is 2.37. The minimum absolute atomic E-state index is 0.106. The number of hydrogen-bond acceptors (Lipinski definition) is 6. The lowest BCUT2D eigenvalue weighted by molar-refractivity contribution is -0.145. The Morgan fingerprint density at radius 1 is 1.17 bits per heavy atom. The third kappa shape index (κ3) is 7.02. The van der Waals surface area contributed by atoms with E-state index >= 15 is 0 Å². The summed E-state index contributed by atoms with van der Waals surface area (Å²) in [4.78, 5) is 27.2. The molecule has 186 valence electrons. The molecular weight excluding hydrogens is 458 g/mol. The van der Waals surface area contributed by atoms with E-state index in [4.69, 9.17) is 9.47 Å². The molecule has 0 saturated carbocycles. The monoisotopic (exact) mass is 493 g/mol. The van der Waals surface area contributed by atoms with E-state index in [0.717, 1.165) is 67.7 Å². The van der Waals surface area contributed by atoms with Gasteiger partial charge in [0.15, 0.2) is 0 Å². The summed E-state index contributed by atoms with van der Waals surface area (Å²) in [5.74, 6) is 1.08. The summed E-state index contributed by atoms with van der Waals surface area (Å²) in [6.07, 6.45) is 6.77. The number of rotatable bonds is 10. The van der Waals surface area contributed by atoms with Crippen molar-refractivity contribution in [1.82, 2.24) is 0 Å². The molecule has 1 aromatic carbocycles. The Hall–Kier alpha value is -2.49. The first-order chi connectivity index (χ1) is 17.0. The first kappa shape index (κ1) is 25.6. The Morgan fingerprint density at radius 3 is 2.69 bits per heavy atom. The van der Waals surface area contributed by atoms with Gasteiger partial charge in [-0.05, 0) is 67.4 Å². The van der Waals surface area contributed by atoms with Crippen LogP contribution in [0, 0.1) is 23.2 Å². The molecule has 1 saturated heterocycles. The van der Waals surface area contributed by atoms with Crippen LogP contribution in [-0.4, -0.2) is 31.6 Å². The molecule has 0 bridgehead atoms. The van der Waals surface area contributed by atoms with Gasteiger partial charge < -0.3 is 9.47 Å². The summed E-state index contributed by atoms with van der Waals surface area (Å²) in [6.45, 7) is 4.12. The van der Waals surface area contributed by atoms with Crippen LogP contribution in [0.15, 0.2) is 30.3 Å². The molecule has 0 N–H and O–H groups in total. The number of esters is 1. The maximum atomic E-state index is 12.8. The maximum Gasteiger partial charge on any atom is 0.305 e. The van der Waals surface area contributed by atoms with Gasteiger partial charge in [-0.3, -0.25) is 9.59 Å². The van der Waals surface area contributed by atoms with Crippen molar-refractivity contribution in [3.63, 3.8) is 0 Å². The van der Waals surface area contributed by atoms with E-state index in [1.807, 2.05) is 18.2 Å². The Morgan fingerprint density at radius 2 is 1.94 bits per heavy atom. The van der Waals surface area contributed by atoms with Crippen LogP contribution in [0.3, 0.4) is 0 Å². The number of benzene rings is 1. The largest absolute Gasteiger partial charge is 0.465 e. The summed E-state index contributed by atoms with van der Waals surface area (Å²) in [5.41, 5.74) is 2.98. The molecule has 35 heavy (non-hydrogen) atoms. The van der Waals surface area contributed by atoms with E-state index in [2.05, 4.69) is 25.1 Å². The Kier molecular flexibility index (Phi) is 9.12. The van der Waals surface area contributed by atoms with E-state index in [0.29, 0.717) is 37.4 Å². The van der Waals surface area contributed by atoms with Crippen LogP contribution >= 0.6 is 11.3 Å². The zero-order chi connectivity index (χ0) is 24.6. The van der Waals surface area contributed by atoms with E-state index in [1.54, 1.807) is 11.3 Å². The van der Waals surface area contributed by atoms with Crippen LogP contribution in [0.1, 0.15) is 77.8 Å². The molecule has 1 aliphatic carbocycles. The summed E-state index contributed by atoms with van der Waals surface area (Å²) >= 11 is 1.61. The van der Waals surface area contributed by atoms with Crippen molar-refractivity contribution < 1.29 is 19.1 Å². The molecule has 1 aliphatic heterocycles. The summed E-state index contributed by atoms with van der Waals surface area (Å²) < 4.78 is 11.0. The number of Topliss-reactive ketones (excluding diaryl/α,β-unsaturated/α-hetero) is 1. The van der Waals surface area contributed by atoms with E-state index in [9.17, 15) is 14.9 Å². The Bertz CT molecular complexity index is 1050. The number of fused-ring (bicyclic) bond motifs is 1. The molecule has 2 heterocycles. The molecule has 0 radical (unpaired) electrons. The lowest BCUT2D eigenvalue weighted by atomic mass is 9.87. The zero-order valence-corrected chi connectivity index (χ0v) is 21.4. The predicted molar refractivity (Wildman–Crippen MR) is 136 cm³/mol. The lowest BCUT2D eigenvalue weighted by Gasteiger charge is -2.23. The van der Waals surface area contributed by atoms with Crippen LogP contribution < -0.4 is 0 Å². The Labute approximate surface area is 212 Å². The molecular formula is C29H35NO4S. The number of carbonyl (C=O) groups is 2. The van der Waals surface area contributed by atoms with Gasteiger partial charge in [-0.1, -0.05) is 37.3 Å². The fourth-order valence-electron chi connectivity index (χ4n) is 5.24. The quantitative estimate of drug-likeness (QED) is 0.392. The van der Waals surface area contributed by atoms with Crippen molar-refractivity contribution >= 4 is 23.1 Å². The van der Waals surface area contributed by atoms with Gasteiger partial charge in [0, 0.05) is 42.2 Å². The third-order valence-corrected chi connectivity index (χ3v) is 8.64. The normalized spacial score (nSPS) is 18.9. The molecule has 1 aromatic heterocycles. The standard InChI is InChI=1S/C29H35NO4S/c1-20(23-5-3-2-4-6-23)15-24(31)17-28-26(18-30)25-9-7-22(16-27(25)35-28)19-34-29(32)10-8-21-11-13-33-14-12-21/h2-6,20-22H,7-17,19H2,1H3. The smallest absolute Gasteiger partial charge is 0.305 e. The second-order valence-corrected chi connectivity index (χ2v) is 11.2. The molecule has 1 fully saturated rings. The van der Waals surface area contributed by atoms with Crippen LogP contribution in [0.25, 0.3) is 0 Å². The Balaban J connectivity index is 1.28. The van der Waals surface area contributed by atoms with Crippen LogP contribution in [0.5, 0.6) is 0 Å². The van der Waals surface area contributed by atoms with Gasteiger partial charge in [0.2, 0.25) is 0 Å². The lowest BCUT2D eigenvalue weighted by Crippen LogP contribution is -2.21. The zero-order valence-electron chi connectivity index (χ0n) is 20.6. The minimum Gasteiger partial charge on any atom is -0.465 e. The number of ketones is 1. The molecule has 0 spiro atoms. The van der Waals surface area contributed by atoms with Gasteiger partial charge in [0.1, 0.15) is 11.9 Å².